The maximum atomic E-state index is 12.6. The second-order valence-corrected chi connectivity index (χ2v) is 7.66. The van der Waals surface area contributed by atoms with E-state index in [2.05, 4.69) is 10.3 Å². The lowest BCUT2D eigenvalue weighted by Crippen LogP contribution is -2.30. The molecule has 2 aromatic rings. The molecular formula is C17H21N3O4S2. The van der Waals surface area contributed by atoms with Crippen molar-refractivity contribution in [3.63, 3.8) is 0 Å². The number of nitrogens with one attached hydrogen (secondary N) is 1. The Morgan fingerprint density at radius 1 is 1.38 bits per heavy atom. The number of carbonyl (C=O) groups is 2. The summed E-state index contributed by atoms with van der Waals surface area (Å²) in [6, 6.07) is 3.73. The van der Waals surface area contributed by atoms with Crippen LogP contribution in [0.1, 0.15) is 43.9 Å². The van der Waals surface area contributed by atoms with Crippen LogP contribution in [0.5, 0.6) is 0 Å². The van der Waals surface area contributed by atoms with Crippen LogP contribution in [-0.2, 0) is 4.74 Å². The molecule has 26 heavy (non-hydrogen) atoms. The molecule has 0 aliphatic carbocycles. The smallest absolute Gasteiger partial charge is 0.273 e. The zero-order valence-electron chi connectivity index (χ0n) is 14.2. The van der Waals surface area contributed by atoms with E-state index in [0.29, 0.717) is 30.3 Å². The predicted octanol–water partition coefficient (Wildman–Crippen LogP) is 1.92. The molecular weight excluding hydrogens is 374 g/mol. The normalized spacial score (nSPS) is 16.8. The van der Waals surface area contributed by atoms with E-state index in [4.69, 9.17) is 9.84 Å². The molecule has 9 heteroatoms. The van der Waals surface area contributed by atoms with Crippen LogP contribution >= 0.6 is 22.7 Å². The molecule has 1 atom stereocenters. The number of rotatable bonds is 8. The van der Waals surface area contributed by atoms with Gasteiger partial charge in [-0.1, -0.05) is 0 Å². The molecule has 0 aromatic carbocycles. The Bertz CT molecular complexity index is 732. The van der Waals surface area contributed by atoms with E-state index >= 15 is 0 Å². The van der Waals surface area contributed by atoms with Gasteiger partial charge in [0.25, 0.3) is 11.8 Å². The Morgan fingerprint density at radius 2 is 2.27 bits per heavy atom. The minimum atomic E-state index is -0.149. The van der Waals surface area contributed by atoms with Gasteiger partial charge in [0.1, 0.15) is 5.69 Å². The quantitative estimate of drug-likeness (QED) is 0.667. The highest BCUT2D eigenvalue weighted by atomic mass is 32.1. The van der Waals surface area contributed by atoms with Crippen molar-refractivity contribution in [3.8, 4) is 0 Å². The number of aliphatic hydroxyl groups is 1. The van der Waals surface area contributed by atoms with Gasteiger partial charge in [0.15, 0.2) is 0 Å². The fraction of sp³-hybridized carbons (Fsp3) is 0.471. The van der Waals surface area contributed by atoms with Gasteiger partial charge in [-0.05, 0) is 25.0 Å². The summed E-state index contributed by atoms with van der Waals surface area (Å²) in [4.78, 5) is 32.4. The first-order valence-electron chi connectivity index (χ1n) is 8.46. The molecule has 1 fully saturated rings. The molecule has 3 rings (SSSR count). The van der Waals surface area contributed by atoms with Gasteiger partial charge in [-0.3, -0.25) is 9.59 Å². The molecule has 2 N–H and O–H groups in total. The summed E-state index contributed by atoms with van der Waals surface area (Å²) >= 11 is 2.83. The first-order valence-corrected chi connectivity index (χ1v) is 10.2. The van der Waals surface area contributed by atoms with Gasteiger partial charge in [0.2, 0.25) is 0 Å². The van der Waals surface area contributed by atoms with E-state index in [9.17, 15) is 9.59 Å². The number of likely N-dealkylation sites (tertiary alicyclic amines) is 1. The highest BCUT2D eigenvalue weighted by molar-refractivity contribution is 7.14. The largest absolute Gasteiger partial charge is 0.394 e. The van der Waals surface area contributed by atoms with E-state index in [1.165, 1.54) is 22.7 Å². The predicted molar refractivity (Wildman–Crippen MR) is 99.7 cm³/mol. The maximum Gasteiger partial charge on any atom is 0.273 e. The molecule has 0 radical (unpaired) electrons. The summed E-state index contributed by atoms with van der Waals surface area (Å²) in [7, 11) is 0. The van der Waals surface area contributed by atoms with Crippen molar-refractivity contribution in [2.45, 2.75) is 18.9 Å². The van der Waals surface area contributed by atoms with E-state index in [1.807, 2.05) is 11.0 Å². The van der Waals surface area contributed by atoms with Gasteiger partial charge in [-0.2, -0.15) is 0 Å². The SMILES string of the molecule is O=C(NCCOCCO)c1ccc(C2CCCN2C(=O)c2cscn2)s1. The van der Waals surface area contributed by atoms with Crippen LogP contribution in [-0.4, -0.2) is 59.7 Å². The summed E-state index contributed by atoms with van der Waals surface area (Å²) < 4.78 is 5.12. The second kappa shape index (κ2) is 9.22. The Kier molecular flexibility index (Phi) is 6.73. The number of nitrogens with zero attached hydrogens (tertiary/aromatic N) is 2. The molecule has 1 saturated heterocycles. The maximum absolute atomic E-state index is 12.6. The topological polar surface area (TPSA) is 91.8 Å². The molecule has 3 heterocycles. The van der Waals surface area contributed by atoms with Crippen LogP contribution in [0.2, 0.25) is 0 Å². The fourth-order valence-electron chi connectivity index (χ4n) is 2.92. The van der Waals surface area contributed by atoms with Crippen molar-refractivity contribution in [2.24, 2.45) is 0 Å². The molecule has 1 unspecified atom stereocenters. The number of thiophene rings is 1. The summed E-state index contributed by atoms with van der Waals surface area (Å²) in [5, 5.41) is 13.2. The number of thiazole rings is 1. The third-order valence-corrected chi connectivity index (χ3v) is 5.88. The average Bonchev–Trinajstić information content (AvgIpc) is 3.41. The number of aliphatic hydroxyl groups excluding tert-OH is 1. The lowest BCUT2D eigenvalue weighted by molar-refractivity contribution is 0.0732. The lowest BCUT2D eigenvalue weighted by atomic mass is 10.2. The molecule has 140 valence electrons. The highest BCUT2D eigenvalue weighted by Crippen LogP contribution is 2.36. The van der Waals surface area contributed by atoms with Gasteiger partial charge >= 0.3 is 0 Å². The Labute approximate surface area is 159 Å². The van der Waals surface area contributed by atoms with Crippen LogP contribution in [0.25, 0.3) is 0 Å². The first-order chi connectivity index (χ1) is 12.7. The minimum absolute atomic E-state index is 0.00337. The molecule has 0 spiro atoms. The highest BCUT2D eigenvalue weighted by Gasteiger charge is 2.32. The zero-order chi connectivity index (χ0) is 18.4. The lowest BCUT2D eigenvalue weighted by Gasteiger charge is -2.23. The monoisotopic (exact) mass is 395 g/mol. The molecule has 0 saturated carbocycles. The van der Waals surface area contributed by atoms with Gasteiger partial charge in [-0.15, -0.1) is 22.7 Å². The summed E-state index contributed by atoms with van der Waals surface area (Å²) in [5.41, 5.74) is 2.15. The van der Waals surface area contributed by atoms with Gasteiger partial charge in [0.05, 0.1) is 36.3 Å². The number of hydrogen-bond donors (Lipinski definition) is 2. The van der Waals surface area contributed by atoms with E-state index in [-0.39, 0.29) is 31.1 Å². The Morgan fingerprint density at radius 3 is 3.04 bits per heavy atom. The third-order valence-electron chi connectivity index (χ3n) is 4.11. The van der Waals surface area contributed by atoms with Gasteiger partial charge in [0, 0.05) is 23.3 Å². The van der Waals surface area contributed by atoms with Crippen molar-refractivity contribution in [2.75, 3.05) is 32.9 Å². The van der Waals surface area contributed by atoms with Crippen LogP contribution in [0.15, 0.2) is 23.0 Å². The van der Waals surface area contributed by atoms with Crippen molar-refractivity contribution in [3.05, 3.63) is 38.5 Å². The minimum Gasteiger partial charge on any atom is -0.394 e. The van der Waals surface area contributed by atoms with E-state index < -0.39 is 0 Å². The van der Waals surface area contributed by atoms with Crippen molar-refractivity contribution < 1.29 is 19.4 Å². The molecule has 2 aromatic heterocycles. The molecule has 1 aliphatic rings. The summed E-state index contributed by atoms with van der Waals surface area (Å²) in [6.07, 6.45) is 1.84. The van der Waals surface area contributed by atoms with E-state index in [0.717, 1.165) is 17.7 Å². The Balaban J connectivity index is 1.59. The van der Waals surface area contributed by atoms with Crippen molar-refractivity contribution >= 4 is 34.5 Å². The Hall–Kier alpha value is -1.81. The third kappa shape index (κ3) is 4.47. The zero-order valence-corrected chi connectivity index (χ0v) is 15.9. The fourth-order valence-corrected chi connectivity index (χ4v) is 4.51. The average molecular weight is 396 g/mol. The van der Waals surface area contributed by atoms with Crippen molar-refractivity contribution in [1.29, 1.82) is 0 Å². The van der Waals surface area contributed by atoms with Crippen LogP contribution in [0, 0.1) is 0 Å². The number of amides is 2. The van der Waals surface area contributed by atoms with Gasteiger partial charge in [-0.25, -0.2) is 4.98 Å². The number of carbonyl (C=O) groups excluding carboxylic acids is 2. The van der Waals surface area contributed by atoms with Crippen LogP contribution < -0.4 is 5.32 Å². The molecule has 1 aliphatic heterocycles. The van der Waals surface area contributed by atoms with Crippen molar-refractivity contribution in [1.82, 2.24) is 15.2 Å². The molecule has 0 bridgehead atoms. The number of ether oxygens (including phenoxy) is 1. The summed E-state index contributed by atoms with van der Waals surface area (Å²) in [6.45, 7) is 1.71. The number of aromatic nitrogens is 1. The van der Waals surface area contributed by atoms with Crippen LogP contribution in [0.3, 0.4) is 0 Å². The summed E-state index contributed by atoms with van der Waals surface area (Å²) in [5.74, 6) is -0.196. The van der Waals surface area contributed by atoms with Crippen LogP contribution in [0.4, 0.5) is 0 Å². The van der Waals surface area contributed by atoms with E-state index in [1.54, 1.807) is 17.0 Å². The first kappa shape index (κ1) is 19.0. The second-order valence-electron chi connectivity index (χ2n) is 5.82. The molecule has 2 amide bonds. The standard InChI is InChI=1S/C17H21N3O4S2/c21-7-9-24-8-5-18-16(22)15-4-3-14(26-15)13-2-1-6-20(13)17(23)12-10-25-11-19-12/h3-4,10-11,13,21H,1-2,5-9H2,(H,18,22). The molecule has 7 nitrogen and oxygen atoms in total. The van der Waals surface area contributed by atoms with Gasteiger partial charge < -0.3 is 20.1 Å². The number of hydrogen-bond acceptors (Lipinski definition) is 7.